The lowest BCUT2D eigenvalue weighted by Gasteiger charge is -2.25. The largest absolute Gasteiger partial charge is 0.385 e. The van der Waals surface area contributed by atoms with Crippen molar-refractivity contribution >= 4 is 11.9 Å². The van der Waals surface area contributed by atoms with E-state index < -0.39 is 0 Å². The van der Waals surface area contributed by atoms with Gasteiger partial charge in [0.05, 0.1) is 0 Å². The maximum Gasteiger partial charge on any atom is 0.346 e. The average molecular weight is 279 g/mol. The molecule has 0 spiro atoms. The molecule has 0 saturated heterocycles. The molecule has 0 bridgehead atoms. The van der Waals surface area contributed by atoms with Crippen molar-refractivity contribution in [3.8, 4) is 0 Å². The smallest absolute Gasteiger partial charge is 0.346 e. The Kier molecular flexibility index (Phi) is 3.44. The quantitative estimate of drug-likeness (QED) is 0.938. The van der Waals surface area contributed by atoms with Crippen molar-refractivity contribution in [1.82, 2.24) is 4.90 Å². The van der Waals surface area contributed by atoms with Gasteiger partial charge in [-0.2, -0.15) is 4.99 Å². The summed E-state index contributed by atoms with van der Waals surface area (Å²) in [7, 11) is 0. The molecule has 3 rings (SSSR count). The van der Waals surface area contributed by atoms with Crippen LogP contribution < -0.4 is 5.73 Å². The molecule has 4 heteroatoms. The number of hydrogen-bond acceptors (Lipinski definition) is 2. The van der Waals surface area contributed by atoms with Crippen LogP contribution >= 0.6 is 0 Å². The molecule has 1 heterocycles. The van der Waals surface area contributed by atoms with Gasteiger partial charge in [0, 0.05) is 6.54 Å². The molecule has 1 unspecified atom stereocenters. The van der Waals surface area contributed by atoms with Gasteiger partial charge < -0.3 is 10.6 Å². The van der Waals surface area contributed by atoms with Crippen LogP contribution in [0.15, 0.2) is 59.6 Å². The number of urea groups is 1. The van der Waals surface area contributed by atoms with Crippen molar-refractivity contribution in [2.24, 2.45) is 10.7 Å². The maximum atomic E-state index is 12.1. The van der Waals surface area contributed by atoms with Gasteiger partial charge in [-0.05, 0) is 23.6 Å². The number of benzene rings is 2. The number of aliphatic imine (C=N–C) groups is 1. The molecule has 0 saturated carbocycles. The van der Waals surface area contributed by atoms with Gasteiger partial charge in [0.25, 0.3) is 0 Å². The summed E-state index contributed by atoms with van der Waals surface area (Å²) in [5, 5.41) is 0. The van der Waals surface area contributed by atoms with E-state index in [1.807, 2.05) is 61.5 Å². The Morgan fingerprint density at radius 2 is 1.76 bits per heavy atom. The van der Waals surface area contributed by atoms with Crippen LogP contribution in [0.5, 0.6) is 0 Å². The highest BCUT2D eigenvalue weighted by Crippen LogP contribution is 2.30. The number of aryl methyl sites for hydroxylation is 1. The first-order chi connectivity index (χ1) is 10.2. The van der Waals surface area contributed by atoms with E-state index in [9.17, 15) is 4.79 Å². The van der Waals surface area contributed by atoms with Crippen LogP contribution in [-0.2, 0) is 6.54 Å². The molecule has 4 nitrogen and oxygen atoms in total. The summed E-state index contributed by atoms with van der Waals surface area (Å²) >= 11 is 0. The average Bonchev–Trinajstić information content (AvgIpc) is 2.75. The Bertz CT molecular complexity index is 694. The molecule has 0 aromatic heterocycles. The second-order valence-electron chi connectivity index (χ2n) is 5.19. The second-order valence-corrected chi connectivity index (χ2v) is 5.19. The highest BCUT2D eigenvalue weighted by molar-refractivity contribution is 6.03. The molecule has 1 aliphatic heterocycles. The molecule has 2 amide bonds. The fourth-order valence-electron chi connectivity index (χ4n) is 2.67. The van der Waals surface area contributed by atoms with Crippen LogP contribution in [0.1, 0.15) is 22.7 Å². The molecule has 2 aromatic carbocycles. The number of rotatable bonds is 3. The van der Waals surface area contributed by atoms with Crippen LogP contribution in [0.3, 0.4) is 0 Å². The Labute approximate surface area is 123 Å². The van der Waals surface area contributed by atoms with Gasteiger partial charge in [0.2, 0.25) is 0 Å². The first-order valence-corrected chi connectivity index (χ1v) is 6.91. The Morgan fingerprint density at radius 3 is 2.48 bits per heavy atom. The van der Waals surface area contributed by atoms with Crippen LogP contribution in [-0.4, -0.2) is 16.8 Å². The summed E-state index contributed by atoms with van der Waals surface area (Å²) in [5.41, 5.74) is 9.20. The van der Waals surface area contributed by atoms with E-state index in [1.54, 1.807) is 4.90 Å². The minimum atomic E-state index is -0.279. The molecule has 21 heavy (non-hydrogen) atoms. The molecule has 106 valence electrons. The number of amidine groups is 1. The standard InChI is InChI=1S/C17H17N3O/c1-12-7-5-6-10-14(12)15-16(18)19-17(21)20(15)11-13-8-3-2-4-9-13/h2-10,15H,11H2,1H3,(H2,18,19,21). The zero-order valence-electron chi connectivity index (χ0n) is 11.9. The molecule has 0 fully saturated rings. The topological polar surface area (TPSA) is 58.7 Å². The van der Waals surface area contributed by atoms with Gasteiger partial charge in [0.15, 0.2) is 0 Å². The van der Waals surface area contributed by atoms with Gasteiger partial charge >= 0.3 is 6.03 Å². The number of nitrogens with zero attached hydrogens (tertiary/aromatic N) is 2. The zero-order chi connectivity index (χ0) is 14.8. The Balaban J connectivity index is 1.95. The van der Waals surface area contributed by atoms with Gasteiger partial charge in [-0.15, -0.1) is 0 Å². The monoisotopic (exact) mass is 279 g/mol. The van der Waals surface area contributed by atoms with E-state index in [1.165, 1.54) is 0 Å². The molecule has 0 radical (unpaired) electrons. The van der Waals surface area contributed by atoms with Crippen molar-refractivity contribution in [3.63, 3.8) is 0 Å². The molecule has 1 aliphatic rings. The van der Waals surface area contributed by atoms with Gasteiger partial charge in [-0.3, -0.25) is 0 Å². The van der Waals surface area contributed by atoms with Gasteiger partial charge in [-0.1, -0.05) is 54.6 Å². The lowest BCUT2D eigenvalue weighted by molar-refractivity contribution is 0.203. The maximum absolute atomic E-state index is 12.1. The number of amides is 2. The van der Waals surface area contributed by atoms with Crippen molar-refractivity contribution in [2.75, 3.05) is 0 Å². The third-order valence-electron chi connectivity index (χ3n) is 3.74. The van der Waals surface area contributed by atoms with E-state index in [0.717, 1.165) is 16.7 Å². The fraction of sp³-hybridized carbons (Fsp3) is 0.176. The molecular weight excluding hydrogens is 262 g/mol. The van der Waals surface area contributed by atoms with Crippen molar-refractivity contribution in [3.05, 3.63) is 71.3 Å². The van der Waals surface area contributed by atoms with E-state index >= 15 is 0 Å². The first kappa shape index (κ1) is 13.4. The fourth-order valence-corrected chi connectivity index (χ4v) is 2.67. The highest BCUT2D eigenvalue weighted by Gasteiger charge is 2.35. The van der Waals surface area contributed by atoms with Gasteiger partial charge in [-0.25, -0.2) is 4.79 Å². The molecule has 0 aliphatic carbocycles. The van der Waals surface area contributed by atoms with E-state index in [4.69, 9.17) is 5.73 Å². The summed E-state index contributed by atoms with van der Waals surface area (Å²) in [6.45, 7) is 2.52. The summed E-state index contributed by atoms with van der Waals surface area (Å²) in [5.74, 6) is 0.366. The van der Waals surface area contributed by atoms with Crippen molar-refractivity contribution < 1.29 is 4.79 Å². The van der Waals surface area contributed by atoms with E-state index in [2.05, 4.69) is 4.99 Å². The van der Waals surface area contributed by atoms with Crippen molar-refractivity contribution in [2.45, 2.75) is 19.5 Å². The lowest BCUT2D eigenvalue weighted by atomic mass is 9.99. The Morgan fingerprint density at radius 1 is 1.10 bits per heavy atom. The van der Waals surface area contributed by atoms with Crippen LogP contribution in [0.4, 0.5) is 4.79 Å². The second kappa shape index (κ2) is 5.40. The first-order valence-electron chi connectivity index (χ1n) is 6.91. The molecular formula is C17H17N3O. The SMILES string of the molecule is Cc1ccccc1C1C(N)=NC(=O)N1Cc1ccccc1. The summed E-state index contributed by atoms with van der Waals surface area (Å²) < 4.78 is 0. The predicted molar refractivity (Wildman–Crippen MR) is 82.9 cm³/mol. The molecule has 2 aromatic rings. The minimum Gasteiger partial charge on any atom is -0.385 e. The highest BCUT2D eigenvalue weighted by atomic mass is 16.2. The van der Waals surface area contributed by atoms with E-state index in [0.29, 0.717) is 12.4 Å². The van der Waals surface area contributed by atoms with Crippen molar-refractivity contribution in [1.29, 1.82) is 0 Å². The molecule has 2 N–H and O–H groups in total. The number of carbonyl (C=O) groups is 1. The minimum absolute atomic E-state index is 0.274. The summed E-state index contributed by atoms with van der Waals surface area (Å²) in [4.78, 5) is 17.8. The number of nitrogens with two attached hydrogens (primary N) is 1. The third kappa shape index (κ3) is 2.52. The van der Waals surface area contributed by atoms with Crippen LogP contribution in [0, 0.1) is 6.92 Å². The zero-order valence-corrected chi connectivity index (χ0v) is 11.9. The van der Waals surface area contributed by atoms with Crippen LogP contribution in [0.2, 0.25) is 0 Å². The third-order valence-corrected chi connectivity index (χ3v) is 3.74. The number of carbonyl (C=O) groups excluding carboxylic acids is 1. The number of hydrogen-bond donors (Lipinski definition) is 1. The van der Waals surface area contributed by atoms with Gasteiger partial charge in [0.1, 0.15) is 11.9 Å². The van der Waals surface area contributed by atoms with Crippen LogP contribution in [0.25, 0.3) is 0 Å². The predicted octanol–water partition coefficient (Wildman–Crippen LogP) is 3.03. The summed E-state index contributed by atoms with van der Waals surface area (Å²) in [6, 6.07) is 17.3. The van der Waals surface area contributed by atoms with E-state index in [-0.39, 0.29) is 12.1 Å². The summed E-state index contributed by atoms with van der Waals surface area (Å²) in [6.07, 6.45) is 0. The lowest BCUT2D eigenvalue weighted by Crippen LogP contribution is -2.33. The molecule has 1 atom stereocenters. The Hall–Kier alpha value is -2.62. The normalized spacial score (nSPS) is 18.0.